The molecule has 0 spiro atoms. The van der Waals surface area contributed by atoms with Crippen LogP contribution in [0.1, 0.15) is 56.1 Å². The zero-order valence-electron chi connectivity index (χ0n) is 10.8. The fraction of sp³-hybridized carbons (Fsp3) is 0.600. The molecule has 1 aromatic carbocycles. The summed E-state index contributed by atoms with van der Waals surface area (Å²) < 4.78 is 0. The molecular weight excluding hydrogens is 230 g/mol. The molecule has 1 aliphatic rings. The van der Waals surface area contributed by atoms with Crippen LogP contribution in [-0.2, 0) is 0 Å². The lowest BCUT2D eigenvalue weighted by atomic mass is 9.88. The average Bonchev–Trinajstić information content (AvgIpc) is 2.39. The molecule has 17 heavy (non-hydrogen) atoms. The van der Waals surface area contributed by atoms with E-state index < -0.39 is 0 Å². The molecule has 0 aromatic heterocycles. The molecule has 0 bridgehead atoms. The van der Waals surface area contributed by atoms with Crippen molar-refractivity contribution in [3.8, 4) is 0 Å². The summed E-state index contributed by atoms with van der Waals surface area (Å²) in [6.45, 7) is 6.72. The van der Waals surface area contributed by atoms with Gasteiger partial charge in [0.2, 0.25) is 0 Å². The molecule has 1 nitrogen and oxygen atoms in total. The second-order valence-corrected chi connectivity index (χ2v) is 5.52. The Labute approximate surface area is 110 Å². The topological polar surface area (TPSA) is 12.0 Å². The van der Waals surface area contributed by atoms with Crippen LogP contribution in [0.3, 0.4) is 0 Å². The lowest BCUT2D eigenvalue weighted by molar-refractivity contribution is 0.460. The van der Waals surface area contributed by atoms with E-state index in [-0.39, 0.29) is 0 Å². The van der Waals surface area contributed by atoms with E-state index in [0.29, 0.717) is 11.8 Å². The predicted octanol–water partition coefficient (Wildman–Crippen LogP) is 4.32. The first-order chi connectivity index (χ1) is 8.22. The molecule has 2 heteroatoms. The second kappa shape index (κ2) is 5.88. The van der Waals surface area contributed by atoms with Crippen LogP contribution in [-0.4, -0.2) is 13.1 Å². The van der Waals surface area contributed by atoms with Crippen molar-refractivity contribution in [1.29, 1.82) is 0 Å². The van der Waals surface area contributed by atoms with Crippen molar-refractivity contribution in [3.63, 3.8) is 0 Å². The number of benzene rings is 1. The number of piperidine rings is 1. The lowest BCUT2D eigenvalue weighted by Crippen LogP contribution is -2.26. The van der Waals surface area contributed by atoms with Crippen LogP contribution < -0.4 is 5.32 Å². The minimum atomic E-state index is 0.560. The molecule has 2 rings (SSSR count). The van der Waals surface area contributed by atoms with Gasteiger partial charge in [0.1, 0.15) is 0 Å². The Hall–Kier alpha value is -0.530. The third kappa shape index (κ3) is 3.02. The Bertz CT molecular complexity index is 369. The van der Waals surface area contributed by atoms with E-state index in [2.05, 4.69) is 37.4 Å². The molecule has 0 saturated carbocycles. The van der Waals surface area contributed by atoms with E-state index in [1.165, 1.54) is 24.0 Å². The summed E-state index contributed by atoms with van der Waals surface area (Å²) >= 11 is 6.41. The molecule has 1 aromatic rings. The zero-order chi connectivity index (χ0) is 12.3. The van der Waals surface area contributed by atoms with Crippen molar-refractivity contribution in [2.75, 3.05) is 13.1 Å². The Morgan fingerprint density at radius 3 is 2.65 bits per heavy atom. The highest BCUT2D eigenvalue weighted by molar-refractivity contribution is 6.31. The van der Waals surface area contributed by atoms with Crippen molar-refractivity contribution >= 4 is 11.6 Å². The van der Waals surface area contributed by atoms with Gasteiger partial charge in [-0.2, -0.15) is 0 Å². The minimum absolute atomic E-state index is 0.560. The number of halogens is 1. The summed E-state index contributed by atoms with van der Waals surface area (Å²) in [5.41, 5.74) is 2.72. The molecule has 94 valence electrons. The maximum absolute atomic E-state index is 6.41. The van der Waals surface area contributed by atoms with Crippen LogP contribution in [0, 0.1) is 0 Å². The third-order valence-corrected chi connectivity index (χ3v) is 4.31. The van der Waals surface area contributed by atoms with Gasteiger partial charge in [0.25, 0.3) is 0 Å². The van der Waals surface area contributed by atoms with Gasteiger partial charge in [-0.1, -0.05) is 37.6 Å². The Morgan fingerprint density at radius 2 is 2.06 bits per heavy atom. The minimum Gasteiger partial charge on any atom is -0.317 e. The number of hydrogen-bond acceptors (Lipinski definition) is 1. The highest BCUT2D eigenvalue weighted by Crippen LogP contribution is 2.32. The normalized spacial score (nSPS) is 19.2. The maximum atomic E-state index is 6.41. The van der Waals surface area contributed by atoms with E-state index in [4.69, 9.17) is 11.6 Å². The van der Waals surface area contributed by atoms with Crippen LogP contribution in [0.5, 0.6) is 0 Å². The molecule has 1 N–H and O–H groups in total. The standard InChI is InChI=1S/C15H22ClN/c1-3-11(2)14-5-4-13(10-15(14)16)12-6-8-17-9-7-12/h4-5,10-12,17H,3,6-9H2,1-2H3. The smallest absolute Gasteiger partial charge is 0.0443 e. The number of rotatable bonds is 3. The molecule has 1 unspecified atom stereocenters. The molecule has 1 atom stereocenters. The first-order valence-electron chi connectivity index (χ1n) is 6.72. The molecular formula is C15H22ClN. The molecule has 1 aliphatic heterocycles. The van der Waals surface area contributed by atoms with Crippen LogP contribution >= 0.6 is 11.6 Å². The van der Waals surface area contributed by atoms with Gasteiger partial charge in [-0.3, -0.25) is 0 Å². The summed E-state index contributed by atoms with van der Waals surface area (Å²) in [5, 5.41) is 4.36. The highest BCUT2D eigenvalue weighted by atomic mass is 35.5. The molecule has 0 radical (unpaired) electrons. The van der Waals surface area contributed by atoms with Crippen molar-refractivity contribution in [3.05, 3.63) is 34.3 Å². The molecule has 1 heterocycles. The molecule has 1 fully saturated rings. The van der Waals surface area contributed by atoms with Crippen LogP contribution in [0.15, 0.2) is 18.2 Å². The van der Waals surface area contributed by atoms with Crippen molar-refractivity contribution in [2.45, 2.75) is 44.9 Å². The molecule has 1 saturated heterocycles. The predicted molar refractivity (Wildman–Crippen MR) is 75.0 cm³/mol. The van der Waals surface area contributed by atoms with Crippen LogP contribution in [0.2, 0.25) is 5.02 Å². The quantitative estimate of drug-likeness (QED) is 0.844. The maximum Gasteiger partial charge on any atom is 0.0443 e. The Morgan fingerprint density at radius 1 is 1.35 bits per heavy atom. The van der Waals surface area contributed by atoms with Gasteiger partial charge in [0.05, 0.1) is 0 Å². The Balaban J connectivity index is 2.17. The summed E-state index contributed by atoms with van der Waals surface area (Å²) in [7, 11) is 0. The summed E-state index contributed by atoms with van der Waals surface area (Å²) in [4.78, 5) is 0. The lowest BCUT2D eigenvalue weighted by Gasteiger charge is -2.24. The summed E-state index contributed by atoms with van der Waals surface area (Å²) in [6, 6.07) is 6.70. The van der Waals surface area contributed by atoms with E-state index in [1.54, 1.807) is 0 Å². The van der Waals surface area contributed by atoms with Gasteiger partial charge < -0.3 is 5.32 Å². The fourth-order valence-corrected chi connectivity index (χ4v) is 2.95. The first-order valence-corrected chi connectivity index (χ1v) is 7.10. The fourth-order valence-electron chi connectivity index (χ4n) is 2.57. The third-order valence-electron chi connectivity index (χ3n) is 3.98. The van der Waals surface area contributed by atoms with Crippen LogP contribution in [0.25, 0.3) is 0 Å². The van der Waals surface area contributed by atoms with Crippen molar-refractivity contribution in [1.82, 2.24) is 5.32 Å². The number of hydrogen-bond donors (Lipinski definition) is 1. The van der Waals surface area contributed by atoms with E-state index in [1.807, 2.05) is 0 Å². The van der Waals surface area contributed by atoms with E-state index >= 15 is 0 Å². The monoisotopic (exact) mass is 251 g/mol. The summed E-state index contributed by atoms with van der Waals surface area (Å²) in [5.74, 6) is 1.25. The Kier molecular flexibility index (Phi) is 4.47. The zero-order valence-corrected chi connectivity index (χ0v) is 11.6. The van der Waals surface area contributed by atoms with Crippen LogP contribution in [0.4, 0.5) is 0 Å². The molecule has 0 amide bonds. The van der Waals surface area contributed by atoms with E-state index in [9.17, 15) is 0 Å². The van der Waals surface area contributed by atoms with Gasteiger partial charge >= 0.3 is 0 Å². The van der Waals surface area contributed by atoms with E-state index in [0.717, 1.165) is 24.5 Å². The largest absolute Gasteiger partial charge is 0.317 e. The second-order valence-electron chi connectivity index (χ2n) is 5.11. The van der Waals surface area contributed by atoms with Gasteiger partial charge in [-0.25, -0.2) is 0 Å². The highest BCUT2D eigenvalue weighted by Gasteiger charge is 2.17. The van der Waals surface area contributed by atoms with Gasteiger partial charge in [0, 0.05) is 5.02 Å². The summed E-state index contributed by atoms with van der Waals surface area (Å²) in [6.07, 6.45) is 3.62. The van der Waals surface area contributed by atoms with Gasteiger partial charge in [-0.05, 0) is 61.4 Å². The average molecular weight is 252 g/mol. The van der Waals surface area contributed by atoms with Crippen molar-refractivity contribution < 1.29 is 0 Å². The van der Waals surface area contributed by atoms with Crippen molar-refractivity contribution in [2.24, 2.45) is 0 Å². The number of nitrogens with one attached hydrogen (secondary N) is 1. The van der Waals surface area contributed by atoms with Gasteiger partial charge in [0.15, 0.2) is 0 Å². The SMILES string of the molecule is CCC(C)c1ccc(C2CCNCC2)cc1Cl. The molecule has 0 aliphatic carbocycles. The first kappa shape index (κ1) is 12.9. The van der Waals surface area contributed by atoms with Gasteiger partial charge in [-0.15, -0.1) is 0 Å².